The predicted molar refractivity (Wildman–Crippen MR) is 119 cm³/mol. The van der Waals surface area contributed by atoms with Crippen molar-refractivity contribution >= 4 is 23.2 Å². The zero-order chi connectivity index (χ0) is 22.2. The molecule has 0 unspecified atom stereocenters. The van der Waals surface area contributed by atoms with E-state index in [4.69, 9.17) is 14.2 Å². The number of carbonyl (C=O) groups excluding carboxylic acids is 2. The molecule has 0 aliphatic carbocycles. The molecule has 8 nitrogen and oxygen atoms in total. The van der Waals surface area contributed by atoms with E-state index in [9.17, 15) is 9.59 Å². The number of hydrogen-bond acceptors (Lipinski definition) is 6. The number of likely N-dealkylation sites (N-methyl/N-ethyl adjacent to an activating group) is 1. The van der Waals surface area contributed by atoms with Crippen molar-refractivity contribution in [2.75, 3.05) is 64.3 Å². The van der Waals surface area contributed by atoms with Gasteiger partial charge in [0.1, 0.15) is 0 Å². The standard InChI is InChI=1S/C23H29N3O5/c1-25(23(28)15-17-4-9-20(29-2)21(14-17)30-3)16-22(27)24-18-5-7-19(8-6-18)26-10-12-31-13-11-26/h4-9,14H,10-13,15-16H2,1-3H3,(H,24,27). The highest BCUT2D eigenvalue weighted by molar-refractivity contribution is 5.94. The van der Waals surface area contributed by atoms with Gasteiger partial charge in [-0.3, -0.25) is 9.59 Å². The molecule has 2 amide bonds. The second-order valence-electron chi connectivity index (χ2n) is 7.31. The van der Waals surface area contributed by atoms with Gasteiger partial charge in [-0.2, -0.15) is 0 Å². The molecule has 0 saturated carbocycles. The van der Waals surface area contributed by atoms with Crippen LogP contribution in [0.25, 0.3) is 0 Å². The van der Waals surface area contributed by atoms with Crippen LogP contribution in [0.1, 0.15) is 5.56 Å². The predicted octanol–water partition coefficient (Wildman–Crippen LogP) is 2.18. The fourth-order valence-corrected chi connectivity index (χ4v) is 3.38. The number of benzene rings is 2. The number of ether oxygens (including phenoxy) is 3. The zero-order valence-electron chi connectivity index (χ0n) is 18.2. The molecule has 1 aliphatic heterocycles. The Bertz CT molecular complexity index is 895. The number of methoxy groups -OCH3 is 2. The van der Waals surface area contributed by atoms with E-state index in [0.717, 1.165) is 37.6 Å². The highest BCUT2D eigenvalue weighted by Gasteiger charge is 2.16. The molecule has 1 heterocycles. The molecule has 0 bridgehead atoms. The maximum atomic E-state index is 12.5. The normalized spacial score (nSPS) is 13.5. The van der Waals surface area contributed by atoms with Gasteiger partial charge in [-0.05, 0) is 42.0 Å². The van der Waals surface area contributed by atoms with E-state index in [2.05, 4.69) is 10.2 Å². The average Bonchev–Trinajstić information content (AvgIpc) is 2.79. The quantitative estimate of drug-likeness (QED) is 0.696. The van der Waals surface area contributed by atoms with Crippen molar-refractivity contribution in [2.45, 2.75) is 6.42 Å². The van der Waals surface area contributed by atoms with Crippen LogP contribution < -0.4 is 19.7 Å². The Labute approximate surface area is 182 Å². The lowest BCUT2D eigenvalue weighted by Crippen LogP contribution is -2.36. The molecule has 0 spiro atoms. The Morgan fingerprint density at radius 1 is 1.03 bits per heavy atom. The van der Waals surface area contributed by atoms with Gasteiger partial charge in [-0.25, -0.2) is 0 Å². The van der Waals surface area contributed by atoms with Crippen molar-refractivity contribution in [2.24, 2.45) is 0 Å². The summed E-state index contributed by atoms with van der Waals surface area (Å²) in [6.07, 6.45) is 0.165. The van der Waals surface area contributed by atoms with E-state index in [1.54, 1.807) is 33.4 Å². The Hall–Kier alpha value is -3.26. The second kappa shape index (κ2) is 10.7. The van der Waals surface area contributed by atoms with E-state index < -0.39 is 0 Å². The van der Waals surface area contributed by atoms with Gasteiger partial charge in [-0.1, -0.05) is 6.07 Å². The molecule has 1 saturated heterocycles. The van der Waals surface area contributed by atoms with Crippen molar-refractivity contribution < 1.29 is 23.8 Å². The number of rotatable bonds is 8. The molecule has 31 heavy (non-hydrogen) atoms. The first kappa shape index (κ1) is 22.4. The summed E-state index contributed by atoms with van der Waals surface area (Å²) < 4.78 is 15.9. The maximum Gasteiger partial charge on any atom is 0.243 e. The molecule has 1 N–H and O–H groups in total. The van der Waals surface area contributed by atoms with Crippen LogP contribution in [0.2, 0.25) is 0 Å². The van der Waals surface area contributed by atoms with Crippen molar-refractivity contribution in [3.63, 3.8) is 0 Å². The van der Waals surface area contributed by atoms with E-state index >= 15 is 0 Å². The van der Waals surface area contributed by atoms with E-state index in [1.165, 1.54) is 4.90 Å². The van der Waals surface area contributed by atoms with Gasteiger partial charge >= 0.3 is 0 Å². The average molecular weight is 428 g/mol. The molecular weight excluding hydrogens is 398 g/mol. The topological polar surface area (TPSA) is 80.3 Å². The summed E-state index contributed by atoms with van der Waals surface area (Å²) in [6.45, 7) is 3.14. The minimum Gasteiger partial charge on any atom is -0.493 e. The highest BCUT2D eigenvalue weighted by atomic mass is 16.5. The number of nitrogens with zero attached hydrogens (tertiary/aromatic N) is 2. The Balaban J connectivity index is 1.51. The minimum atomic E-state index is -0.248. The maximum absolute atomic E-state index is 12.5. The molecule has 166 valence electrons. The van der Waals surface area contributed by atoms with Gasteiger partial charge in [0.15, 0.2) is 11.5 Å². The number of anilines is 2. The van der Waals surface area contributed by atoms with Crippen LogP contribution in [-0.2, 0) is 20.7 Å². The summed E-state index contributed by atoms with van der Waals surface area (Å²) in [6, 6.07) is 13.0. The van der Waals surface area contributed by atoms with Crippen molar-refractivity contribution in [1.29, 1.82) is 0 Å². The molecule has 0 radical (unpaired) electrons. The lowest BCUT2D eigenvalue weighted by molar-refractivity contribution is -0.132. The van der Waals surface area contributed by atoms with Gasteiger partial charge in [0.05, 0.1) is 40.4 Å². The monoisotopic (exact) mass is 427 g/mol. The van der Waals surface area contributed by atoms with Crippen LogP contribution in [0.3, 0.4) is 0 Å². The van der Waals surface area contributed by atoms with Crippen LogP contribution in [0.15, 0.2) is 42.5 Å². The van der Waals surface area contributed by atoms with Crippen LogP contribution in [-0.4, -0.2) is 70.8 Å². The molecule has 2 aromatic carbocycles. The highest BCUT2D eigenvalue weighted by Crippen LogP contribution is 2.27. The third kappa shape index (κ3) is 6.11. The largest absolute Gasteiger partial charge is 0.493 e. The number of nitrogens with one attached hydrogen (secondary N) is 1. The van der Waals surface area contributed by atoms with Gasteiger partial charge in [0, 0.05) is 31.5 Å². The molecule has 0 atom stereocenters. The molecule has 3 rings (SSSR count). The third-order valence-electron chi connectivity index (χ3n) is 5.14. The van der Waals surface area contributed by atoms with Gasteiger partial charge in [0.25, 0.3) is 0 Å². The van der Waals surface area contributed by atoms with E-state index in [1.807, 2.05) is 30.3 Å². The number of morpholine rings is 1. The SMILES string of the molecule is COc1ccc(CC(=O)N(C)CC(=O)Nc2ccc(N3CCOCC3)cc2)cc1OC. The number of amides is 2. The van der Waals surface area contributed by atoms with Gasteiger partial charge in [-0.15, -0.1) is 0 Å². The first-order valence-electron chi connectivity index (χ1n) is 10.2. The lowest BCUT2D eigenvalue weighted by Gasteiger charge is -2.28. The summed E-state index contributed by atoms with van der Waals surface area (Å²) >= 11 is 0. The molecular formula is C23H29N3O5. The van der Waals surface area contributed by atoms with E-state index in [-0.39, 0.29) is 24.8 Å². The number of carbonyl (C=O) groups is 2. The van der Waals surface area contributed by atoms with Crippen molar-refractivity contribution in [3.05, 3.63) is 48.0 Å². The Morgan fingerprint density at radius 3 is 2.35 bits per heavy atom. The van der Waals surface area contributed by atoms with Gasteiger partial charge < -0.3 is 29.3 Å². The van der Waals surface area contributed by atoms with Crippen LogP contribution in [0.5, 0.6) is 11.5 Å². The van der Waals surface area contributed by atoms with Gasteiger partial charge in [0.2, 0.25) is 11.8 Å². The smallest absolute Gasteiger partial charge is 0.243 e. The van der Waals surface area contributed by atoms with Crippen LogP contribution in [0, 0.1) is 0 Å². The summed E-state index contributed by atoms with van der Waals surface area (Å²) in [4.78, 5) is 28.6. The molecule has 1 fully saturated rings. The Kier molecular flexibility index (Phi) is 7.72. The van der Waals surface area contributed by atoms with Crippen LogP contribution >= 0.6 is 0 Å². The molecule has 0 aromatic heterocycles. The molecule has 8 heteroatoms. The molecule has 2 aromatic rings. The molecule has 1 aliphatic rings. The third-order valence-corrected chi connectivity index (χ3v) is 5.14. The zero-order valence-corrected chi connectivity index (χ0v) is 18.2. The second-order valence-corrected chi connectivity index (χ2v) is 7.31. The Morgan fingerprint density at radius 2 is 1.71 bits per heavy atom. The van der Waals surface area contributed by atoms with E-state index in [0.29, 0.717) is 17.2 Å². The van der Waals surface area contributed by atoms with Crippen LogP contribution in [0.4, 0.5) is 11.4 Å². The number of hydrogen-bond donors (Lipinski definition) is 1. The first-order chi connectivity index (χ1) is 15.0. The van der Waals surface area contributed by atoms with Crippen molar-refractivity contribution in [1.82, 2.24) is 4.90 Å². The summed E-state index contributed by atoms with van der Waals surface area (Å²) in [5, 5.41) is 2.84. The fraction of sp³-hybridized carbons (Fsp3) is 0.391. The minimum absolute atomic E-state index is 0.0304. The van der Waals surface area contributed by atoms with Crippen molar-refractivity contribution in [3.8, 4) is 11.5 Å². The summed E-state index contributed by atoms with van der Waals surface area (Å²) in [5.74, 6) is 0.757. The fourth-order valence-electron chi connectivity index (χ4n) is 3.38. The summed E-state index contributed by atoms with van der Waals surface area (Å²) in [7, 11) is 4.73. The lowest BCUT2D eigenvalue weighted by atomic mass is 10.1. The summed E-state index contributed by atoms with van der Waals surface area (Å²) in [5.41, 5.74) is 2.58. The first-order valence-corrected chi connectivity index (χ1v) is 10.2.